The van der Waals surface area contributed by atoms with Crippen molar-refractivity contribution in [3.05, 3.63) is 65.0 Å². The van der Waals surface area contributed by atoms with Crippen molar-refractivity contribution in [1.82, 2.24) is 4.57 Å². The van der Waals surface area contributed by atoms with Gasteiger partial charge in [-0.3, -0.25) is 4.79 Å². The van der Waals surface area contributed by atoms with Crippen LogP contribution in [0.1, 0.15) is 27.2 Å². The first kappa shape index (κ1) is 20.3. The van der Waals surface area contributed by atoms with Crippen molar-refractivity contribution in [2.45, 2.75) is 0 Å². The normalized spacial score (nSPS) is 10.0. The van der Waals surface area contributed by atoms with E-state index < -0.39 is 5.78 Å². The summed E-state index contributed by atoms with van der Waals surface area (Å²) in [6.07, 6.45) is 1.48. The molecule has 0 fully saturated rings. The van der Waals surface area contributed by atoms with Gasteiger partial charge in [0.1, 0.15) is 11.8 Å². The Balaban J connectivity index is 2.23. The van der Waals surface area contributed by atoms with Crippen LogP contribution in [0, 0.1) is 22.7 Å². The average Bonchev–Trinajstić information content (AvgIpc) is 3.13. The maximum absolute atomic E-state index is 13.2. The van der Waals surface area contributed by atoms with Crippen molar-refractivity contribution in [2.75, 3.05) is 27.1 Å². The summed E-state index contributed by atoms with van der Waals surface area (Å²) >= 11 is 0. The van der Waals surface area contributed by atoms with Crippen LogP contribution in [0.4, 0.5) is 5.69 Å². The highest BCUT2D eigenvalue weighted by Gasteiger charge is 2.24. The zero-order valence-electron chi connectivity index (χ0n) is 16.6. The quantitative estimate of drug-likeness (QED) is 0.629. The maximum Gasteiger partial charge on any atom is 0.211 e. The molecule has 1 heterocycles. The van der Waals surface area contributed by atoms with E-state index in [1.807, 2.05) is 12.1 Å². The van der Waals surface area contributed by atoms with Gasteiger partial charge in [0, 0.05) is 23.9 Å². The monoisotopic (exact) mass is 402 g/mol. The van der Waals surface area contributed by atoms with Gasteiger partial charge in [0.25, 0.3) is 0 Å². The van der Waals surface area contributed by atoms with Crippen molar-refractivity contribution < 1.29 is 19.0 Å². The molecule has 1 aromatic heterocycles. The zero-order valence-corrected chi connectivity index (χ0v) is 16.6. The number of hydrogen-bond acceptors (Lipinski definition) is 7. The van der Waals surface area contributed by atoms with Crippen LogP contribution < -0.4 is 19.9 Å². The van der Waals surface area contributed by atoms with E-state index in [-0.39, 0.29) is 16.9 Å². The number of carbonyl (C=O) groups is 1. The highest BCUT2D eigenvalue weighted by molar-refractivity contribution is 6.12. The fraction of sp³-hybridized carbons (Fsp3) is 0.136. The molecular weight excluding hydrogens is 384 g/mol. The number of nitrogens with zero attached hydrogens (tertiary/aromatic N) is 3. The Bertz CT molecular complexity index is 1170. The minimum Gasteiger partial charge on any atom is -0.493 e. The number of nitrogen functional groups attached to an aromatic ring is 1. The second-order valence-electron chi connectivity index (χ2n) is 6.19. The lowest BCUT2D eigenvalue weighted by Crippen LogP contribution is -2.11. The first-order chi connectivity index (χ1) is 14.5. The highest BCUT2D eigenvalue weighted by atomic mass is 16.5. The molecule has 2 N–H and O–H groups in total. The van der Waals surface area contributed by atoms with Gasteiger partial charge in [-0.25, -0.2) is 0 Å². The molecule has 0 amide bonds. The molecule has 150 valence electrons. The minimum atomic E-state index is -0.396. The Kier molecular flexibility index (Phi) is 5.61. The Labute approximate surface area is 173 Å². The molecule has 0 aliphatic rings. The van der Waals surface area contributed by atoms with Crippen LogP contribution in [0.5, 0.6) is 17.2 Å². The van der Waals surface area contributed by atoms with Crippen LogP contribution in [0.3, 0.4) is 0 Å². The zero-order chi connectivity index (χ0) is 21.8. The topological polar surface area (TPSA) is 123 Å². The second-order valence-corrected chi connectivity index (χ2v) is 6.19. The van der Waals surface area contributed by atoms with Crippen LogP contribution in [-0.4, -0.2) is 31.7 Å². The summed E-state index contributed by atoms with van der Waals surface area (Å²) in [6, 6.07) is 13.5. The minimum absolute atomic E-state index is 0.0561. The van der Waals surface area contributed by atoms with E-state index in [1.165, 1.54) is 32.1 Å². The largest absolute Gasteiger partial charge is 0.493 e. The maximum atomic E-state index is 13.2. The summed E-state index contributed by atoms with van der Waals surface area (Å²) in [5, 5.41) is 18.4. The van der Waals surface area contributed by atoms with Crippen LogP contribution >= 0.6 is 0 Å². The van der Waals surface area contributed by atoms with Crippen LogP contribution in [0.15, 0.2) is 42.6 Å². The summed E-state index contributed by atoms with van der Waals surface area (Å²) < 4.78 is 17.6. The van der Waals surface area contributed by atoms with E-state index in [0.717, 1.165) is 0 Å². The third kappa shape index (κ3) is 3.38. The van der Waals surface area contributed by atoms with E-state index in [1.54, 1.807) is 36.4 Å². The van der Waals surface area contributed by atoms with Gasteiger partial charge in [-0.05, 0) is 24.3 Å². The number of nitrogens with two attached hydrogens (primary N) is 1. The number of nitriles is 2. The van der Waals surface area contributed by atoms with Gasteiger partial charge in [0.2, 0.25) is 11.5 Å². The molecule has 0 atom stereocenters. The molecule has 30 heavy (non-hydrogen) atoms. The van der Waals surface area contributed by atoms with Gasteiger partial charge in [0.05, 0.1) is 49.9 Å². The van der Waals surface area contributed by atoms with Crippen molar-refractivity contribution in [1.29, 1.82) is 10.5 Å². The van der Waals surface area contributed by atoms with Crippen molar-refractivity contribution in [3.8, 4) is 35.1 Å². The number of carbonyl (C=O) groups excluding carboxylic acids is 1. The molecule has 0 bridgehead atoms. The lowest BCUT2D eigenvalue weighted by molar-refractivity contribution is 0.103. The van der Waals surface area contributed by atoms with Gasteiger partial charge in [-0.1, -0.05) is 0 Å². The molecule has 8 nitrogen and oxygen atoms in total. The van der Waals surface area contributed by atoms with Gasteiger partial charge >= 0.3 is 0 Å². The second kappa shape index (κ2) is 8.29. The molecule has 0 spiro atoms. The SMILES string of the molecule is COc1cc(-n2cc(C#N)c(N)c2C(=O)c2ccc(C#N)cc2)cc(OC)c1OC. The van der Waals surface area contributed by atoms with Crippen molar-refractivity contribution in [3.63, 3.8) is 0 Å². The average molecular weight is 402 g/mol. The summed E-state index contributed by atoms with van der Waals surface area (Å²) in [6.45, 7) is 0. The summed E-state index contributed by atoms with van der Waals surface area (Å²) in [4.78, 5) is 13.2. The third-order valence-corrected chi connectivity index (χ3v) is 4.58. The number of rotatable bonds is 6. The number of hydrogen-bond donors (Lipinski definition) is 1. The van der Waals surface area contributed by atoms with Gasteiger partial charge in [-0.15, -0.1) is 0 Å². The Morgan fingerprint density at radius 3 is 2.03 bits per heavy atom. The van der Waals surface area contributed by atoms with Crippen LogP contribution in [-0.2, 0) is 0 Å². The van der Waals surface area contributed by atoms with Gasteiger partial charge in [0.15, 0.2) is 11.5 Å². The molecule has 8 heteroatoms. The van der Waals surface area contributed by atoms with E-state index in [4.69, 9.17) is 25.2 Å². The van der Waals surface area contributed by atoms with Crippen LogP contribution in [0.25, 0.3) is 5.69 Å². The number of ketones is 1. The van der Waals surface area contributed by atoms with E-state index in [0.29, 0.717) is 34.1 Å². The molecule has 2 aromatic carbocycles. The fourth-order valence-corrected chi connectivity index (χ4v) is 3.08. The molecule has 0 aliphatic heterocycles. The lowest BCUT2D eigenvalue weighted by atomic mass is 10.0. The Morgan fingerprint density at radius 1 is 0.967 bits per heavy atom. The van der Waals surface area contributed by atoms with E-state index >= 15 is 0 Å². The molecule has 0 aliphatic carbocycles. The summed E-state index contributed by atoms with van der Waals surface area (Å²) in [5.41, 5.74) is 7.72. The Morgan fingerprint density at radius 2 is 1.57 bits per heavy atom. The van der Waals surface area contributed by atoms with Crippen LogP contribution in [0.2, 0.25) is 0 Å². The van der Waals surface area contributed by atoms with E-state index in [9.17, 15) is 10.1 Å². The number of ether oxygens (including phenoxy) is 3. The molecule has 3 rings (SSSR count). The van der Waals surface area contributed by atoms with E-state index in [2.05, 4.69) is 0 Å². The smallest absolute Gasteiger partial charge is 0.211 e. The van der Waals surface area contributed by atoms with Gasteiger partial charge < -0.3 is 24.5 Å². The summed E-state index contributed by atoms with van der Waals surface area (Å²) in [5.74, 6) is 0.764. The predicted octanol–water partition coefficient (Wildman–Crippen LogP) is 3.06. The molecule has 0 unspecified atom stereocenters. The first-order valence-corrected chi connectivity index (χ1v) is 8.75. The number of aromatic nitrogens is 1. The Hall–Kier alpha value is -4.43. The molecule has 0 radical (unpaired) electrons. The lowest BCUT2D eigenvalue weighted by Gasteiger charge is -2.16. The third-order valence-electron chi connectivity index (χ3n) is 4.58. The first-order valence-electron chi connectivity index (χ1n) is 8.75. The standard InChI is InChI=1S/C22H18N4O4/c1-28-17-8-16(9-18(29-2)22(17)30-3)26-12-15(11-24)19(25)20(26)21(27)14-6-4-13(10-23)5-7-14/h4-9,12H,25H2,1-3H3. The highest BCUT2D eigenvalue weighted by Crippen LogP contribution is 2.40. The molecule has 0 saturated heterocycles. The number of benzene rings is 2. The number of methoxy groups -OCH3 is 3. The van der Waals surface area contributed by atoms with Crippen molar-refractivity contribution in [2.24, 2.45) is 0 Å². The summed E-state index contributed by atoms with van der Waals surface area (Å²) in [7, 11) is 4.45. The number of anilines is 1. The van der Waals surface area contributed by atoms with Crippen molar-refractivity contribution >= 4 is 11.5 Å². The molecular formula is C22H18N4O4. The fourth-order valence-electron chi connectivity index (χ4n) is 3.08. The molecule has 0 saturated carbocycles. The van der Waals surface area contributed by atoms with Gasteiger partial charge in [-0.2, -0.15) is 10.5 Å². The predicted molar refractivity (Wildman–Crippen MR) is 109 cm³/mol. The molecule has 3 aromatic rings.